The van der Waals surface area contributed by atoms with E-state index >= 15 is 0 Å². The van der Waals surface area contributed by atoms with Crippen LogP contribution in [-0.2, 0) is 19.2 Å². The van der Waals surface area contributed by atoms with Crippen molar-refractivity contribution in [2.75, 3.05) is 13.1 Å². The molecule has 8 atom stereocenters. The van der Waals surface area contributed by atoms with E-state index in [-0.39, 0.29) is 71.0 Å². The Kier molecular flexibility index (Phi) is 4.04. The van der Waals surface area contributed by atoms with Gasteiger partial charge in [0.2, 0.25) is 23.6 Å². The second kappa shape index (κ2) is 6.26. The largest absolute Gasteiger partial charge is 0.282 e. The van der Waals surface area contributed by atoms with Crippen molar-refractivity contribution in [2.45, 2.75) is 39.5 Å². The van der Waals surface area contributed by atoms with Gasteiger partial charge in [-0.25, -0.2) is 0 Å². The van der Waals surface area contributed by atoms with Crippen LogP contribution in [0, 0.1) is 47.3 Å². The number of carbonyl (C=O) groups is 4. The second-order valence-corrected chi connectivity index (χ2v) is 9.16. The van der Waals surface area contributed by atoms with Gasteiger partial charge >= 0.3 is 0 Å². The van der Waals surface area contributed by atoms with E-state index in [1.807, 2.05) is 13.8 Å². The molecule has 6 aliphatic rings. The molecular formula is C22H28N2O4. The van der Waals surface area contributed by atoms with Gasteiger partial charge in [-0.15, -0.1) is 0 Å². The molecule has 2 bridgehead atoms. The summed E-state index contributed by atoms with van der Waals surface area (Å²) in [5.74, 6) is -1.44. The van der Waals surface area contributed by atoms with Crippen molar-refractivity contribution in [1.29, 1.82) is 0 Å². The summed E-state index contributed by atoms with van der Waals surface area (Å²) >= 11 is 0. The Morgan fingerprint density at radius 3 is 1.36 bits per heavy atom. The Bertz CT molecular complexity index is 733. The number of hydrogen-bond acceptors (Lipinski definition) is 4. The van der Waals surface area contributed by atoms with E-state index in [0.29, 0.717) is 13.1 Å². The number of imide groups is 2. The molecule has 6 rings (SSSR count). The third-order valence-corrected chi connectivity index (χ3v) is 8.00. The smallest absolute Gasteiger partial charge is 0.233 e. The van der Waals surface area contributed by atoms with E-state index in [1.54, 1.807) is 0 Å². The summed E-state index contributed by atoms with van der Waals surface area (Å²) in [6.45, 7) is 5.09. The molecule has 2 saturated carbocycles. The normalized spacial score (nSPS) is 42.8. The van der Waals surface area contributed by atoms with E-state index in [4.69, 9.17) is 0 Å². The van der Waals surface area contributed by atoms with Gasteiger partial charge in [0.1, 0.15) is 0 Å². The van der Waals surface area contributed by atoms with Crippen LogP contribution in [0.1, 0.15) is 39.5 Å². The quantitative estimate of drug-likeness (QED) is 0.517. The molecule has 0 spiro atoms. The Balaban J connectivity index is 1.45. The zero-order valence-corrected chi connectivity index (χ0v) is 16.5. The van der Waals surface area contributed by atoms with Crippen LogP contribution < -0.4 is 0 Å². The Labute approximate surface area is 165 Å². The molecule has 2 heterocycles. The van der Waals surface area contributed by atoms with Crippen molar-refractivity contribution < 1.29 is 19.2 Å². The molecular weight excluding hydrogens is 356 g/mol. The highest BCUT2D eigenvalue weighted by Gasteiger charge is 2.74. The zero-order chi connectivity index (χ0) is 19.7. The fraction of sp³-hybridized carbons (Fsp3) is 0.727. The summed E-state index contributed by atoms with van der Waals surface area (Å²) in [7, 11) is 0. The molecule has 2 saturated heterocycles. The first-order valence-corrected chi connectivity index (χ1v) is 10.9. The zero-order valence-electron chi connectivity index (χ0n) is 16.5. The van der Waals surface area contributed by atoms with Crippen molar-refractivity contribution in [2.24, 2.45) is 47.3 Å². The fourth-order valence-corrected chi connectivity index (χ4v) is 6.80. The average molecular weight is 384 g/mol. The maximum absolute atomic E-state index is 13.1. The number of hydrogen-bond donors (Lipinski definition) is 0. The number of likely N-dealkylation sites (tertiary alicyclic amines) is 2. The van der Waals surface area contributed by atoms with Crippen LogP contribution in [0.25, 0.3) is 0 Å². The molecule has 0 radical (unpaired) electrons. The van der Waals surface area contributed by atoms with Gasteiger partial charge in [-0.05, 0) is 36.5 Å². The van der Waals surface area contributed by atoms with E-state index < -0.39 is 0 Å². The molecule has 0 aromatic heterocycles. The van der Waals surface area contributed by atoms with Crippen LogP contribution in [0.2, 0.25) is 0 Å². The first-order valence-electron chi connectivity index (χ1n) is 10.9. The predicted molar refractivity (Wildman–Crippen MR) is 100 cm³/mol. The van der Waals surface area contributed by atoms with Gasteiger partial charge in [0.15, 0.2) is 0 Å². The average Bonchev–Trinajstić information content (AvgIpc) is 3.03. The van der Waals surface area contributed by atoms with E-state index in [2.05, 4.69) is 12.2 Å². The number of nitrogens with zero attached hydrogens (tertiary/aromatic N) is 2. The van der Waals surface area contributed by atoms with E-state index in [1.165, 1.54) is 9.80 Å². The standard InChI is InChI=1S/C22H28N2O4/c1-3-5-9-23-19(25)15-11-7-8-12(16(15)20(23)26)14-13(11)17-18(14)22(28)24(21(17)27)10-6-4-2/h7-8,11-18H,3-6,9-10H2,1-2H3/t11-,12-,13-,14-,15-,16+,17+,18+/m0/s1. The third-order valence-electron chi connectivity index (χ3n) is 8.00. The summed E-state index contributed by atoms with van der Waals surface area (Å²) in [6, 6.07) is 0. The lowest BCUT2D eigenvalue weighted by atomic mass is 9.40. The van der Waals surface area contributed by atoms with Crippen molar-refractivity contribution in [3.8, 4) is 0 Å². The minimum Gasteiger partial charge on any atom is -0.282 e. The summed E-state index contributed by atoms with van der Waals surface area (Å²) < 4.78 is 0. The number of amides is 4. The van der Waals surface area contributed by atoms with Gasteiger partial charge in [-0.1, -0.05) is 38.8 Å². The van der Waals surface area contributed by atoms with Gasteiger partial charge in [-0.3, -0.25) is 29.0 Å². The van der Waals surface area contributed by atoms with Crippen molar-refractivity contribution in [3.63, 3.8) is 0 Å². The number of carbonyl (C=O) groups excluding carboxylic acids is 4. The molecule has 2 aliphatic heterocycles. The van der Waals surface area contributed by atoms with E-state index in [9.17, 15) is 19.2 Å². The van der Waals surface area contributed by atoms with Gasteiger partial charge in [0.05, 0.1) is 23.7 Å². The van der Waals surface area contributed by atoms with Crippen LogP contribution in [0.5, 0.6) is 0 Å². The molecule has 0 aromatic rings. The van der Waals surface area contributed by atoms with Crippen molar-refractivity contribution >= 4 is 23.6 Å². The van der Waals surface area contributed by atoms with Gasteiger partial charge in [0, 0.05) is 13.1 Å². The van der Waals surface area contributed by atoms with Crippen LogP contribution >= 0.6 is 0 Å². The Morgan fingerprint density at radius 1 is 0.643 bits per heavy atom. The fourth-order valence-electron chi connectivity index (χ4n) is 6.80. The number of rotatable bonds is 6. The molecule has 0 unspecified atom stereocenters. The SMILES string of the molecule is CCCCN1C(=O)[C@@H]2[C@H]3C=C[C@H]([C@@H]2C1=O)[C@@H]1[C@H]2C(=O)N(CCCC)C(=O)[C@@H]2[C@@H]31. The minimum atomic E-state index is -0.325. The van der Waals surface area contributed by atoms with Crippen molar-refractivity contribution in [1.82, 2.24) is 9.80 Å². The first kappa shape index (κ1) is 18.1. The molecule has 4 amide bonds. The topological polar surface area (TPSA) is 74.8 Å². The predicted octanol–water partition coefficient (Wildman–Crippen LogP) is 1.85. The van der Waals surface area contributed by atoms with E-state index in [0.717, 1.165) is 25.7 Å². The molecule has 150 valence electrons. The van der Waals surface area contributed by atoms with Crippen LogP contribution in [-0.4, -0.2) is 46.5 Å². The number of allylic oxidation sites excluding steroid dienone is 2. The molecule has 4 fully saturated rings. The summed E-state index contributed by atoms with van der Waals surface area (Å²) in [6.07, 6.45) is 7.66. The summed E-state index contributed by atoms with van der Waals surface area (Å²) in [4.78, 5) is 55.0. The molecule has 0 aromatic carbocycles. The highest BCUT2D eigenvalue weighted by molar-refractivity contribution is 6.09. The van der Waals surface area contributed by atoms with Crippen LogP contribution in [0.15, 0.2) is 12.2 Å². The number of unbranched alkanes of at least 4 members (excludes halogenated alkanes) is 2. The highest BCUT2D eigenvalue weighted by Crippen LogP contribution is 2.68. The lowest BCUT2D eigenvalue weighted by molar-refractivity contribution is -0.166. The summed E-state index contributed by atoms with van der Waals surface area (Å²) in [5, 5.41) is 0. The third kappa shape index (κ3) is 2.04. The molecule has 6 heteroatoms. The van der Waals surface area contributed by atoms with Crippen LogP contribution in [0.4, 0.5) is 0 Å². The second-order valence-electron chi connectivity index (χ2n) is 9.16. The highest BCUT2D eigenvalue weighted by atomic mass is 16.2. The van der Waals surface area contributed by atoms with Crippen molar-refractivity contribution in [3.05, 3.63) is 12.2 Å². The summed E-state index contributed by atoms with van der Waals surface area (Å²) in [5.41, 5.74) is 0. The van der Waals surface area contributed by atoms with Gasteiger partial charge < -0.3 is 0 Å². The molecule has 6 nitrogen and oxygen atoms in total. The maximum Gasteiger partial charge on any atom is 0.233 e. The molecule has 0 N–H and O–H groups in total. The minimum absolute atomic E-state index is 0.0400. The molecule has 4 aliphatic carbocycles. The lowest BCUT2D eigenvalue weighted by Gasteiger charge is -2.60. The molecule has 28 heavy (non-hydrogen) atoms. The monoisotopic (exact) mass is 384 g/mol. The Morgan fingerprint density at radius 2 is 1.00 bits per heavy atom. The first-order chi connectivity index (χ1) is 13.5. The Hall–Kier alpha value is -1.98. The maximum atomic E-state index is 13.1. The van der Waals surface area contributed by atoms with Crippen LogP contribution in [0.3, 0.4) is 0 Å². The lowest BCUT2D eigenvalue weighted by Crippen LogP contribution is -2.63. The number of fused-ring (bicyclic) bond motifs is 1. The van der Waals surface area contributed by atoms with Gasteiger partial charge in [-0.2, -0.15) is 0 Å². The van der Waals surface area contributed by atoms with Gasteiger partial charge in [0.25, 0.3) is 0 Å².